The van der Waals surface area contributed by atoms with E-state index < -0.39 is 0 Å². The standard InChI is InChI=1S/C14H13OS/c1-15-13-7-3-5-11(9-13)12-6-4-8-14(10-12)16-2/h3-9H,1-2H3. The van der Waals surface area contributed by atoms with Crippen molar-refractivity contribution < 1.29 is 4.74 Å². The van der Waals surface area contributed by atoms with Crippen LogP contribution in [0.1, 0.15) is 0 Å². The third-order valence-electron chi connectivity index (χ3n) is 2.37. The molecule has 0 bridgehead atoms. The summed E-state index contributed by atoms with van der Waals surface area (Å²) in [5.74, 6) is 0.875. The van der Waals surface area contributed by atoms with Gasteiger partial charge >= 0.3 is 0 Å². The van der Waals surface area contributed by atoms with Gasteiger partial charge in [0, 0.05) is 11.0 Å². The number of methoxy groups -OCH3 is 1. The SMILES string of the molecule is COc1cccc(-c2[c]c(SC)ccc2)c1. The Morgan fingerprint density at radius 2 is 1.94 bits per heavy atom. The molecule has 0 spiro atoms. The van der Waals surface area contributed by atoms with Crippen LogP contribution in [0, 0.1) is 6.07 Å². The van der Waals surface area contributed by atoms with Crippen LogP contribution >= 0.6 is 11.8 Å². The molecule has 0 saturated heterocycles. The molecule has 0 aliphatic heterocycles. The summed E-state index contributed by atoms with van der Waals surface area (Å²) in [6.07, 6.45) is 2.06. The molecular formula is C14H13OS. The Morgan fingerprint density at radius 1 is 1.12 bits per heavy atom. The normalized spacial score (nSPS) is 10.1. The van der Waals surface area contributed by atoms with Crippen LogP contribution in [0.4, 0.5) is 0 Å². The molecule has 0 N–H and O–H groups in total. The summed E-state index contributed by atoms with van der Waals surface area (Å²) in [5.41, 5.74) is 2.24. The minimum atomic E-state index is 0.875. The van der Waals surface area contributed by atoms with Crippen molar-refractivity contribution in [3.8, 4) is 16.9 Å². The lowest BCUT2D eigenvalue weighted by Crippen LogP contribution is -1.84. The lowest BCUT2D eigenvalue weighted by atomic mass is 10.1. The van der Waals surface area contributed by atoms with Crippen LogP contribution in [0.2, 0.25) is 0 Å². The molecule has 0 unspecified atom stereocenters. The molecule has 2 aromatic rings. The summed E-state index contributed by atoms with van der Waals surface area (Å²) in [7, 11) is 1.68. The molecule has 81 valence electrons. The van der Waals surface area contributed by atoms with E-state index in [4.69, 9.17) is 4.74 Å². The summed E-state index contributed by atoms with van der Waals surface area (Å²) in [6.45, 7) is 0. The number of rotatable bonds is 3. The molecular weight excluding hydrogens is 216 g/mol. The third-order valence-corrected chi connectivity index (χ3v) is 3.05. The molecule has 0 amide bonds. The Bertz CT molecular complexity index is 434. The van der Waals surface area contributed by atoms with E-state index in [1.807, 2.05) is 18.2 Å². The van der Waals surface area contributed by atoms with Crippen molar-refractivity contribution in [2.75, 3.05) is 13.4 Å². The van der Waals surface area contributed by atoms with Crippen LogP contribution in [0.3, 0.4) is 0 Å². The summed E-state index contributed by atoms with van der Waals surface area (Å²) < 4.78 is 5.21. The smallest absolute Gasteiger partial charge is 0.119 e. The van der Waals surface area contributed by atoms with Gasteiger partial charge < -0.3 is 4.74 Å². The lowest BCUT2D eigenvalue weighted by Gasteiger charge is -2.05. The van der Waals surface area contributed by atoms with Crippen LogP contribution in [0.5, 0.6) is 5.75 Å². The Kier molecular flexibility index (Phi) is 3.52. The predicted molar refractivity (Wildman–Crippen MR) is 69.0 cm³/mol. The second-order valence-corrected chi connectivity index (χ2v) is 4.21. The van der Waals surface area contributed by atoms with E-state index in [2.05, 4.69) is 36.6 Å². The van der Waals surface area contributed by atoms with E-state index >= 15 is 0 Å². The van der Waals surface area contributed by atoms with E-state index in [-0.39, 0.29) is 0 Å². The number of ether oxygens (including phenoxy) is 1. The first-order chi connectivity index (χ1) is 7.83. The first-order valence-corrected chi connectivity index (χ1v) is 6.26. The number of benzene rings is 2. The third kappa shape index (κ3) is 2.39. The van der Waals surface area contributed by atoms with E-state index in [0.29, 0.717) is 0 Å². The van der Waals surface area contributed by atoms with Crippen molar-refractivity contribution in [3.05, 3.63) is 48.5 Å². The van der Waals surface area contributed by atoms with Gasteiger partial charge in [0.15, 0.2) is 0 Å². The highest BCUT2D eigenvalue weighted by atomic mass is 32.2. The van der Waals surface area contributed by atoms with Gasteiger partial charge in [-0.15, -0.1) is 11.8 Å². The molecule has 0 aliphatic carbocycles. The van der Waals surface area contributed by atoms with E-state index in [1.165, 1.54) is 0 Å². The van der Waals surface area contributed by atoms with Crippen LogP contribution in [0.25, 0.3) is 11.1 Å². The van der Waals surface area contributed by atoms with Gasteiger partial charge in [0.05, 0.1) is 7.11 Å². The van der Waals surface area contributed by atoms with Gasteiger partial charge in [0.25, 0.3) is 0 Å². The zero-order chi connectivity index (χ0) is 11.4. The van der Waals surface area contributed by atoms with Crippen molar-refractivity contribution >= 4 is 11.8 Å². The summed E-state index contributed by atoms with van der Waals surface area (Å²) in [6, 6.07) is 17.6. The van der Waals surface area contributed by atoms with Crippen molar-refractivity contribution in [3.63, 3.8) is 0 Å². The Morgan fingerprint density at radius 3 is 2.69 bits per heavy atom. The summed E-state index contributed by atoms with van der Waals surface area (Å²) in [4.78, 5) is 1.15. The van der Waals surface area contributed by atoms with E-state index in [1.54, 1.807) is 18.9 Å². The van der Waals surface area contributed by atoms with Crippen molar-refractivity contribution in [1.82, 2.24) is 0 Å². The lowest BCUT2D eigenvalue weighted by molar-refractivity contribution is 0.415. The molecule has 1 radical (unpaired) electrons. The maximum absolute atomic E-state index is 5.21. The minimum absolute atomic E-state index is 0.875. The van der Waals surface area contributed by atoms with Crippen molar-refractivity contribution in [1.29, 1.82) is 0 Å². The van der Waals surface area contributed by atoms with Crippen LogP contribution < -0.4 is 4.74 Å². The van der Waals surface area contributed by atoms with Crippen LogP contribution in [0.15, 0.2) is 47.4 Å². The molecule has 0 aliphatic rings. The van der Waals surface area contributed by atoms with Gasteiger partial charge in [-0.1, -0.05) is 24.3 Å². The molecule has 0 aromatic heterocycles. The molecule has 2 heteroatoms. The molecule has 0 saturated carbocycles. The van der Waals surface area contributed by atoms with Crippen LogP contribution in [-0.2, 0) is 0 Å². The Labute approximate surface area is 100 Å². The zero-order valence-corrected chi connectivity index (χ0v) is 10.2. The molecule has 0 heterocycles. The van der Waals surface area contributed by atoms with Crippen molar-refractivity contribution in [2.24, 2.45) is 0 Å². The van der Waals surface area contributed by atoms with Gasteiger partial charge in [0.2, 0.25) is 0 Å². The second-order valence-electron chi connectivity index (χ2n) is 3.36. The van der Waals surface area contributed by atoms with Gasteiger partial charge in [-0.25, -0.2) is 0 Å². The number of thioether (sulfide) groups is 1. The zero-order valence-electron chi connectivity index (χ0n) is 9.36. The van der Waals surface area contributed by atoms with Crippen LogP contribution in [-0.4, -0.2) is 13.4 Å². The Hall–Kier alpha value is -1.41. The fraction of sp³-hybridized carbons (Fsp3) is 0.143. The number of hydrogen-bond donors (Lipinski definition) is 0. The topological polar surface area (TPSA) is 9.23 Å². The quantitative estimate of drug-likeness (QED) is 0.739. The maximum Gasteiger partial charge on any atom is 0.119 e. The fourth-order valence-corrected chi connectivity index (χ4v) is 1.95. The van der Waals surface area contributed by atoms with Gasteiger partial charge in [-0.2, -0.15) is 0 Å². The monoisotopic (exact) mass is 229 g/mol. The average Bonchev–Trinajstić information content (AvgIpc) is 2.39. The fourth-order valence-electron chi connectivity index (χ4n) is 1.53. The summed E-state index contributed by atoms with van der Waals surface area (Å²) >= 11 is 1.70. The second kappa shape index (κ2) is 5.08. The largest absolute Gasteiger partial charge is 0.497 e. The molecule has 1 nitrogen and oxygen atoms in total. The highest BCUT2D eigenvalue weighted by Gasteiger charge is 2.00. The van der Waals surface area contributed by atoms with Gasteiger partial charge in [-0.05, 0) is 35.6 Å². The Balaban J connectivity index is 2.41. The van der Waals surface area contributed by atoms with E-state index in [9.17, 15) is 0 Å². The molecule has 2 rings (SSSR count). The molecule has 0 fully saturated rings. The number of hydrogen-bond acceptors (Lipinski definition) is 2. The van der Waals surface area contributed by atoms with Gasteiger partial charge in [-0.3, -0.25) is 0 Å². The predicted octanol–water partition coefficient (Wildman–Crippen LogP) is 3.88. The summed E-state index contributed by atoms with van der Waals surface area (Å²) in [5, 5.41) is 0. The molecule has 16 heavy (non-hydrogen) atoms. The van der Waals surface area contributed by atoms with Gasteiger partial charge in [0.1, 0.15) is 5.75 Å². The maximum atomic E-state index is 5.21. The van der Waals surface area contributed by atoms with Crippen molar-refractivity contribution in [2.45, 2.75) is 4.90 Å². The highest BCUT2D eigenvalue weighted by Crippen LogP contribution is 2.26. The average molecular weight is 229 g/mol. The first-order valence-electron chi connectivity index (χ1n) is 5.04. The van der Waals surface area contributed by atoms with E-state index in [0.717, 1.165) is 21.8 Å². The first kappa shape index (κ1) is 11.1. The minimum Gasteiger partial charge on any atom is -0.497 e. The molecule has 2 aromatic carbocycles. The highest BCUT2D eigenvalue weighted by molar-refractivity contribution is 7.98. The molecule has 0 atom stereocenters.